The summed E-state index contributed by atoms with van der Waals surface area (Å²) in [5.74, 6) is 0. The summed E-state index contributed by atoms with van der Waals surface area (Å²) in [4.78, 5) is 0. The lowest BCUT2D eigenvalue weighted by molar-refractivity contribution is 0.357. The van der Waals surface area contributed by atoms with Crippen molar-refractivity contribution in [1.29, 1.82) is 0 Å². The standard InChI is InChI=1S/C12H22/c1-5-7-8-9-10-11-12(3,4)6-2/h7-10H,5-6,11H2,1-4H3. The highest BCUT2D eigenvalue weighted by molar-refractivity contribution is 5.03. The lowest BCUT2D eigenvalue weighted by Gasteiger charge is -2.19. The first-order valence-corrected chi connectivity index (χ1v) is 4.94. The molecule has 0 atom stereocenters. The molecule has 0 saturated carbocycles. The van der Waals surface area contributed by atoms with Crippen LogP contribution in [0.15, 0.2) is 24.3 Å². The van der Waals surface area contributed by atoms with Gasteiger partial charge in [0, 0.05) is 0 Å². The molecule has 0 aromatic carbocycles. The van der Waals surface area contributed by atoms with Gasteiger partial charge in [-0.3, -0.25) is 0 Å². The fourth-order valence-electron chi connectivity index (χ4n) is 0.825. The van der Waals surface area contributed by atoms with E-state index in [9.17, 15) is 0 Å². The van der Waals surface area contributed by atoms with Crippen LogP contribution >= 0.6 is 0 Å². The minimum absolute atomic E-state index is 0.469. The highest BCUT2D eigenvalue weighted by Crippen LogP contribution is 2.24. The highest BCUT2D eigenvalue weighted by atomic mass is 14.2. The Labute approximate surface area is 77.4 Å². The maximum absolute atomic E-state index is 2.31. The van der Waals surface area contributed by atoms with Crippen LogP contribution in [0.5, 0.6) is 0 Å². The largest absolute Gasteiger partial charge is 0.0848 e. The second-order valence-electron chi connectivity index (χ2n) is 3.99. The highest BCUT2D eigenvalue weighted by Gasteiger charge is 2.11. The Balaban J connectivity index is 3.66. The van der Waals surface area contributed by atoms with Crippen LogP contribution in [0, 0.1) is 5.41 Å². The summed E-state index contributed by atoms with van der Waals surface area (Å²) < 4.78 is 0. The first-order valence-electron chi connectivity index (χ1n) is 4.94. The third kappa shape index (κ3) is 6.21. The summed E-state index contributed by atoms with van der Waals surface area (Å²) in [6.45, 7) is 9.01. The van der Waals surface area contributed by atoms with Gasteiger partial charge < -0.3 is 0 Å². The van der Waals surface area contributed by atoms with Crippen molar-refractivity contribution in [2.75, 3.05) is 0 Å². The summed E-state index contributed by atoms with van der Waals surface area (Å²) >= 11 is 0. The van der Waals surface area contributed by atoms with Crippen molar-refractivity contribution in [1.82, 2.24) is 0 Å². The monoisotopic (exact) mass is 166 g/mol. The van der Waals surface area contributed by atoms with Crippen molar-refractivity contribution in [2.24, 2.45) is 5.41 Å². The molecule has 0 radical (unpaired) electrons. The van der Waals surface area contributed by atoms with Gasteiger partial charge >= 0.3 is 0 Å². The van der Waals surface area contributed by atoms with Gasteiger partial charge in [-0.25, -0.2) is 0 Å². The van der Waals surface area contributed by atoms with Crippen LogP contribution in [0.25, 0.3) is 0 Å². The fraction of sp³-hybridized carbons (Fsp3) is 0.667. The maximum Gasteiger partial charge on any atom is -0.0296 e. The van der Waals surface area contributed by atoms with E-state index < -0.39 is 0 Å². The van der Waals surface area contributed by atoms with E-state index in [1.165, 1.54) is 12.8 Å². The average molecular weight is 166 g/mol. The molecule has 0 nitrogen and oxygen atoms in total. The molecule has 0 heterocycles. The van der Waals surface area contributed by atoms with Crippen molar-refractivity contribution in [2.45, 2.75) is 47.0 Å². The van der Waals surface area contributed by atoms with Gasteiger partial charge in [0.1, 0.15) is 0 Å². The lowest BCUT2D eigenvalue weighted by Crippen LogP contribution is -2.06. The quantitative estimate of drug-likeness (QED) is 0.533. The van der Waals surface area contributed by atoms with E-state index in [0.717, 1.165) is 6.42 Å². The molecule has 0 aromatic heterocycles. The molecular weight excluding hydrogens is 144 g/mol. The van der Waals surface area contributed by atoms with Crippen LogP contribution in [0.2, 0.25) is 0 Å². The minimum Gasteiger partial charge on any atom is -0.0848 e. The van der Waals surface area contributed by atoms with Gasteiger partial charge in [-0.1, -0.05) is 58.4 Å². The second kappa shape index (κ2) is 6.05. The summed E-state index contributed by atoms with van der Waals surface area (Å²) in [7, 11) is 0. The average Bonchev–Trinajstić information content (AvgIpc) is 2.04. The van der Waals surface area contributed by atoms with Crippen molar-refractivity contribution in [3.63, 3.8) is 0 Å². The molecule has 0 heteroatoms. The summed E-state index contributed by atoms with van der Waals surface area (Å²) in [5, 5.41) is 0. The van der Waals surface area contributed by atoms with Gasteiger partial charge in [0.2, 0.25) is 0 Å². The smallest absolute Gasteiger partial charge is 0.0296 e. The molecule has 0 rings (SSSR count). The molecule has 0 saturated heterocycles. The molecule has 0 aliphatic carbocycles. The lowest BCUT2D eigenvalue weighted by atomic mass is 9.86. The Bertz CT molecular complexity index is 149. The molecule has 0 spiro atoms. The van der Waals surface area contributed by atoms with E-state index in [0.29, 0.717) is 5.41 Å². The van der Waals surface area contributed by atoms with Gasteiger partial charge in [0.05, 0.1) is 0 Å². The van der Waals surface area contributed by atoms with E-state index >= 15 is 0 Å². The van der Waals surface area contributed by atoms with E-state index in [1.54, 1.807) is 0 Å². The molecule has 0 aromatic rings. The Hall–Kier alpha value is -0.520. The van der Waals surface area contributed by atoms with Crippen LogP contribution in [0.1, 0.15) is 47.0 Å². The molecule has 0 fully saturated rings. The van der Waals surface area contributed by atoms with Crippen LogP contribution in [0.3, 0.4) is 0 Å². The second-order valence-corrected chi connectivity index (χ2v) is 3.99. The molecule has 0 unspecified atom stereocenters. The third-order valence-electron chi connectivity index (χ3n) is 2.25. The zero-order valence-electron chi connectivity index (χ0n) is 8.93. The SMILES string of the molecule is CCC=CC=CCC(C)(C)CC. The van der Waals surface area contributed by atoms with E-state index in [4.69, 9.17) is 0 Å². The number of allylic oxidation sites excluding steroid dienone is 4. The van der Waals surface area contributed by atoms with Gasteiger partial charge in [0.25, 0.3) is 0 Å². The third-order valence-corrected chi connectivity index (χ3v) is 2.25. The molecule has 0 N–H and O–H groups in total. The van der Waals surface area contributed by atoms with Gasteiger partial charge in [-0.2, -0.15) is 0 Å². The van der Waals surface area contributed by atoms with Gasteiger partial charge in [-0.05, 0) is 18.3 Å². The normalized spacial score (nSPS) is 13.3. The van der Waals surface area contributed by atoms with E-state index in [1.807, 2.05) is 0 Å². The summed E-state index contributed by atoms with van der Waals surface area (Å²) in [6, 6.07) is 0. The Morgan fingerprint density at radius 1 is 1.00 bits per heavy atom. The summed E-state index contributed by atoms with van der Waals surface area (Å²) in [6.07, 6.45) is 12.3. The molecule has 0 aliphatic heterocycles. The molecule has 70 valence electrons. The summed E-state index contributed by atoms with van der Waals surface area (Å²) in [5.41, 5.74) is 0.469. The number of rotatable bonds is 5. The Morgan fingerprint density at radius 2 is 1.58 bits per heavy atom. The predicted molar refractivity (Wildman–Crippen MR) is 57.3 cm³/mol. The van der Waals surface area contributed by atoms with Gasteiger partial charge in [-0.15, -0.1) is 0 Å². The van der Waals surface area contributed by atoms with Crippen LogP contribution in [-0.2, 0) is 0 Å². The van der Waals surface area contributed by atoms with Crippen molar-refractivity contribution < 1.29 is 0 Å². The van der Waals surface area contributed by atoms with Crippen LogP contribution in [-0.4, -0.2) is 0 Å². The van der Waals surface area contributed by atoms with Crippen molar-refractivity contribution in [3.8, 4) is 0 Å². The van der Waals surface area contributed by atoms with Crippen molar-refractivity contribution >= 4 is 0 Å². The molecule has 0 bridgehead atoms. The maximum atomic E-state index is 2.31. The predicted octanol–water partition coefficient (Wildman–Crippen LogP) is 4.34. The molecular formula is C12H22. The Morgan fingerprint density at radius 3 is 2.08 bits per heavy atom. The van der Waals surface area contributed by atoms with Crippen LogP contribution in [0.4, 0.5) is 0 Å². The van der Waals surface area contributed by atoms with Crippen LogP contribution < -0.4 is 0 Å². The number of hydrogen-bond donors (Lipinski definition) is 0. The molecule has 0 aliphatic rings. The Kier molecular flexibility index (Phi) is 5.79. The minimum atomic E-state index is 0.469. The first-order chi connectivity index (χ1) is 5.62. The first kappa shape index (κ1) is 11.5. The zero-order chi connectivity index (χ0) is 9.45. The zero-order valence-corrected chi connectivity index (χ0v) is 8.93. The van der Waals surface area contributed by atoms with E-state index in [2.05, 4.69) is 52.0 Å². The van der Waals surface area contributed by atoms with Gasteiger partial charge in [0.15, 0.2) is 0 Å². The molecule has 0 amide bonds. The number of hydrogen-bond acceptors (Lipinski definition) is 0. The van der Waals surface area contributed by atoms with E-state index in [-0.39, 0.29) is 0 Å². The fourth-order valence-corrected chi connectivity index (χ4v) is 0.825. The topological polar surface area (TPSA) is 0 Å². The molecule has 12 heavy (non-hydrogen) atoms. The van der Waals surface area contributed by atoms with Crippen molar-refractivity contribution in [3.05, 3.63) is 24.3 Å².